The summed E-state index contributed by atoms with van der Waals surface area (Å²) in [6.45, 7) is 0. The number of alkyl halides is 3. The number of H-pyrrole nitrogens is 1. The monoisotopic (exact) mass is 367 g/mol. The van der Waals surface area contributed by atoms with Crippen molar-refractivity contribution in [1.82, 2.24) is 14.5 Å². The highest BCUT2D eigenvalue weighted by Crippen LogP contribution is 2.35. The normalized spacial score (nSPS) is 11.7. The van der Waals surface area contributed by atoms with Crippen molar-refractivity contribution in [3.8, 4) is 17.0 Å². The molecule has 0 radical (unpaired) electrons. The van der Waals surface area contributed by atoms with Crippen molar-refractivity contribution in [2.75, 3.05) is 7.11 Å². The number of methoxy groups -OCH3 is 1. The van der Waals surface area contributed by atoms with Crippen LogP contribution in [0.2, 0.25) is 0 Å². The molecular formula is C16H12F3N3O2S. The van der Waals surface area contributed by atoms with Crippen LogP contribution in [0.25, 0.3) is 22.3 Å². The molecule has 0 atom stereocenters. The number of benzene rings is 1. The highest BCUT2D eigenvalue weighted by Gasteiger charge is 2.35. The fourth-order valence-electron chi connectivity index (χ4n) is 2.49. The van der Waals surface area contributed by atoms with Gasteiger partial charge in [-0.25, -0.2) is 4.98 Å². The molecule has 0 amide bonds. The zero-order chi connectivity index (χ0) is 18.4. The molecule has 0 aliphatic heterocycles. The Morgan fingerprint density at radius 1 is 1.28 bits per heavy atom. The minimum absolute atomic E-state index is 0.0130. The quantitative estimate of drug-likeness (QED) is 0.702. The molecule has 9 heteroatoms. The van der Waals surface area contributed by atoms with Gasteiger partial charge in [0.15, 0.2) is 4.77 Å². The molecular weight excluding hydrogens is 355 g/mol. The molecule has 3 rings (SSSR count). The lowest BCUT2D eigenvalue weighted by molar-refractivity contribution is -0.136. The van der Waals surface area contributed by atoms with Crippen LogP contribution in [0, 0.1) is 4.77 Å². The van der Waals surface area contributed by atoms with E-state index in [-0.39, 0.29) is 16.1 Å². The Bertz CT molecular complexity index is 1090. The molecule has 0 spiro atoms. The van der Waals surface area contributed by atoms with Crippen molar-refractivity contribution in [3.05, 3.63) is 51.0 Å². The Labute approximate surface area is 144 Å². The van der Waals surface area contributed by atoms with Crippen molar-refractivity contribution in [2.24, 2.45) is 7.05 Å². The SMILES string of the molecule is COc1cccc(-c2cc(C(F)(F)F)c3c(=O)[nH]c(=S)n(C)c3n2)c1. The Hall–Kier alpha value is -2.68. The Morgan fingerprint density at radius 2 is 2.00 bits per heavy atom. The van der Waals surface area contributed by atoms with Crippen LogP contribution in [-0.4, -0.2) is 21.6 Å². The van der Waals surface area contributed by atoms with Crippen molar-refractivity contribution >= 4 is 23.3 Å². The zero-order valence-electron chi connectivity index (χ0n) is 13.1. The van der Waals surface area contributed by atoms with Crippen LogP contribution in [-0.2, 0) is 13.2 Å². The molecule has 25 heavy (non-hydrogen) atoms. The lowest BCUT2D eigenvalue weighted by Crippen LogP contribution is -2.19. The van der Waals surface area contributed by atoms with Gasteiger partial charge in [-0.1, -0.05) is 12.1 Å². The van der Waals surface area contributed by atoms with Crippen LogP contribution in [0.5, 0.6) is 5.75 Å². The number of hydrogen-bond donors (Lipinski definition) is 1. The molecule has 2 aromatic heterocycles. The molecule has 0 saturated carbocycles. The number of ether oxygens (including phenoxy) is 1. The van der Waals surface area contributed by atoms with E-state index in [4.69, 9.17) is 17.0 Å². The second-order valence-corrected chi connectivity index (χ2v) is 5.69. The van der Waals surface area contributed by atoms with Crippen LogP contribution in [0.3, 0.4) is 0 Å². The maximum absolute atomic E-state index is 13.5. The molecule has 0 saturated heterocycles. The lowest BCUT2D eigenvalue weighted by Gasteiger charge is -2.14. The average molecular weight is 367 g/mol. The molecule has 0 aliphatic carbocycles. The fraction of sp³-hybridized carbons (Fsp3) is 0.188. The molecule has 0 bridgehead atoms. The molecule has 1 N–H and O–H groups in total. The molecule has 5 nitrogen and oxygen atoms in total. The largest absolute Gasteiger partial charge is 0.497 e. The van der Waals surface area contributed by atoms with E-state index in [0.29, 0.717) is 11.3 Å². The molecule has 130 valence electrons. The number of aromatic amines is 1. The van der Waals surface area contributed by atoms with E-state index >= 15 is 0 Å². The van der Waals surface area contributed by atoms with Gasteiger partial charge in [-0.3, -0.25) is 9.78 Å². The van der Waals surface area contributed by atoms with Gasteiger partial charge in [-0.05, 0) is 30.4 Å². The van der Waals surface area contributed by atoms with Crippen LogP contribution in [0.4, 0.5) is 13.2 Å². The summed E-state index contributed by atoms with van der Waals surface area (Å²) in [6, 6.07) is 7.34. The van der Waals surface area contributed by atoms with Crippen LogP contribution in [0.15, 0.2) is 35.1 Å². The van der Waals surface area contributed by atoms with Gasteiger partial charge < -0.3 is 9.30 Å². The van der Waals surface area contributed by atoms with Crippen LogP contribution >= 0.6 is 12.2 Å². The number of hydrogen-bond acceptors (Lipinski definition) is 4. The maximum atomic E-state index is 13.5. The summed E-state index contributed by atoms with van der Waals surface area (Å²) in [7, 11) is 2.90. The van der Waals surface area contributed by atoms with E-state index < -0.39 is 22.7 Å². The van der Waals surface area contributed by atoms with Crippen molar-refractivity contribution < 1.29 is 17.9 Å². The summed E-state index contributed by atoms with van der Waals surface area (Å²) < 4.78 is 46.9. The highest BCUT2D eigenvalue weighted by atomic mass is 32.1. The maximum Gasteiger partial charge on any atom is 0.417 e. The van der Waals surface area contributed by atoms with Gasteiger partial charge in [-0.15, -0.1) is 0 Å². The minimum Gasteiger partial charge on any atom is -0.497 e. The topological polar surface area (TPSA) is 59.9 Å². The van der Waals surface area contributed by atoms with Crippen molar-refractivity contribution in [2.45, 2.75) is 6.18 Å². The summed E-state index contributed by atoms with van der Waals surface area (Å²) in [4.78, 5) is 18.5. The first-order valence-electron chi connectivity index (χ1n) is 7.08. The lowest BCUT2D eigenvalue weighted by atomic mass is 10.1. The highest BCUT2D eigenvalue weighted by molar-refractivity contribution is 7.71. The Morgan fingerprint density at radius 3 is 2.64 bits per heavy atom. The van der Waals surface area contributed by atoms with E-state index in [9.17, 15) is 18.0 Å². The van der Waals surface area contributed by atoms with Gasteiger partial charge in [-0.2, -0.15) is 13.2 Å². The summed E-state index contributed by atoms with van der Waals surface area (Å²) in [5, 5.41) is -0.546. The molecule has 0 aliphatic rings. The first-order valence-corrected chi connectivity index (χ1v) is 7.49. The molecule has 3 aromatic rings. The number of nitrogens with zero attached hydrogens (tertiary/aromatic N) is 2. The third-order valence-corrected chi connectivity index (χ3v) is 4.12. The third-order valence-electron chi connectivity index (χ3n) is 3.74. The molecule has 1 aromatic carbocycles. The summed E-state index contributed by atoms with van der Waals surface area (Å²) >= 11 is 4.97. The number of aromatic nitrogens is 3. The fourth-order valence-corrected chi connectivity index (χ4v) is 2.67. The molecule has 0 fully saturated rings. The smallest absolute Gasteiger partial charge is 0.417 e. The molecule has 2 heterocycles. The van der Waals surface area contributed by atoms with E-state index in [1.54, 1.807) is 24.3 Å². The number of halogens is 3. The average Bonchev–Trinajstić information content (AvgIpc) is 2.58. The van der Waals surface area contributed by atoms with Crippen molar-refractivity contribution in [1.29, 1.82) is 0 Å². The summed E-state index contributed by atoms with van der Waals surface area (Å²) in [5.41, 5.74) is -1.63. The number of nitrogens with one attached hydrogen (secondary N) is 1. The van der Waals surface area contributed by atoms with E-state index in [1.807, 2.05) is 0 Å². The van der Waals surface area contributed by atoms with Crippen molar-refractivity contribution in [3.63, 3.8) is 0 Å². The summed E-state index contributed by atoms with van der Waals surface area (Å²) in [6.07, 6.45) is -4.72. The summed E-state index contributed by atoms with van der Waals surface area (Å²) in [5.74, 6) is 0.479. The van der Waals surface area contributed by atoms with Gasteiger partial charge >= 0.3 is 6.18 Å². The number of fused-ring (bicyclic) bond motifs is 1. The van der Waals surface area contributed by atoms with Gasteiger partial charge in [0.1, 0.15) is 11.4 Å². The Kier molecular flexibility index (Phi) is 4.11. The zero-order valence-corrected chi connectivity index (χ0v) is 14.0. The number of rotatable bonds is 2. The van der Waals surface area contributed by atoms with Gasteiger partial charge in [0.2, 0.25) is 0 Å². The first kappa shape index (κ1) is 17.2. The van der Waals surface area contributed by atoms with E-state index in [2.05, 4.69) is 9.97 Å². The first-order chi connectivity index (χ1) is 11.7. The predicted molar refractivity (Wildman–Crippen MR) is 89.2 cm³/mol. The second-order valence-electron chi connectivity index (χ2n) is 5.30. The number of pyridine rings is 1. The predicted octanol–water partition coefficient (Wildman–Crippen LogP) is 3.69. The second kappa shape index (κ2) is 5.99. The van der Waals surface area contributed by atoms with Gasteiger partial charge in [0.25, 0.3) is 5.56 Å². The minimum atomic E-state index is -4.72. The van der Waals surface area contributed by atoms with E-state index in [1.165, 1.54) is 18.7 Å². The van der Waals surface area contributed by atoms with Gasteiger partial charge in [0, 0.05) is 12.6 Å². The van der Waals surface area contributed by atoms with Gasteiger partial charge in [0.05, 0.1) is 23.8 Å². The third kappa shape index (κ3) is 3.02. The van der Waals surface area contributed by atoms with Crippen LogP contribution in [0.1, 0.15) is 5.56 Å². The molecule has 0 unspecified atom stereocenters. The Balaban J connectivity index is 2.45. The standard InChI is InChI=1S/C16H12F3N3O2S/c1-22-13-12(14(23)21-15(22)25)10(16(17,18)19)7-11(20-13)8-4-3-5-9(6-8)24-2/h3-7H,1-2H3,(H,21,23,25). The number of aryl methyl sites for hydroxylation is 1. The van der Waals surface area contributed by atoms with E-state index in [0.717, 1.165) is 6.07 Å². The van der Waals surface area contributed by atoms with Crippen LogP contribution < -0.4 is 10.3 Å².